The standard InChI is InChI=1S/C17H17FN4O2/c1-12-10-16(24-20-12)17(23)22-8-6-21(7-9-22)15(11-19)13-2-4-14(18)5-3-13/h2-5,10,15H,6-9H2,1H3/t15-/m1/s1. The van der Waals surface area contributed by atoms with E-state index in [4.69, 9.17) is 4.52 Å². The molecule has 0 saturated carbocycles. The van der Waals surface area contributed by atoms with Gasteiger partial charge in [-0.15, -0.1) is 0 Å². The predicted molar refractivity (Wildman–Crippen MR) is 83.5 cm³/mol. The second kappa shape index (κ2) is 6.81. The average Bonchev–Trinajstić information content (AvgIpc) is 3.04. The van der Waals surface area contributed by atoms with Gasteiger partial charge in [0.15, 0.2) is 0 Å². The van der Waals surface area contributed by atoms with Gasteiger partial charge in [0.1, 0.15) is 11.9 Å². The first-order valence-corrected chi connectivity index (χ1v) is 7.70. The molecule has 6 nitrogen and oxygen atoms in total. The van der Waals surface area contributed by atoms with Crippen molar-refractivity contribution in [3.63, 3.8) is 0 Å². The molecular formula is C17H17FN4O2. The zero-order valence-corrected chi connectivity index (χ0v) is 13.3. The summed E-state index contributed by atoms with van der Waals surface area (Å²) < 4.78 is 18.1. The molecule has 1 amide bonds. The molecular weight excluding hydrogens is 311 g/mol. The number of hydrogen-bond donors (Lipinski definition) is 0. The quantitative estimate of drug-likeness (QED) is 0.863. The Morgan fingerprint density at radius 1 is 1.29 bits per heavy atom. The number of nitrogens with zero attached hydrogens (tertiary/aromatic N) is 4. The maximum absolute atomic E-state index is 13.0. The summed E-state index contributed by atoms with van der Waals surface area (Å²) in [5.74, 6) is -0.282. The molecule has 1 saturated heterocycles. The van der Waals surface area contributed by atoms with E-state index in [0.717, 1.165) is 5.56 Å². The zero-order valence-electron chi connectivity index (χ0n) is 13.3. The molecule has 2 aromatic rings. The van der Waals surface area contributed by atoms with E-state index < -0.39 is 6.04 Å². The molecule has 124 valence electrons. The number of piperazine rings is 1. The second-order valence-electron chi connectivity index (χ2n) is 5.74. The average molecular weight is 328 g/mol. The van der Waals surface area contributed by atoms with E-state index in [1.807, 2.05) is 4.90 Å². The molecule has 1 aliphatic rings. The summed E-state index contributed by atoms with van der Waals surface area (Å²) in [6.07, 6.45) is 0. The minimum atomic E-state index is -0.449. The van der Waals surface area contributed by atoms with Gasteiger partial charge >= 0.3 is 0 Å². The topological polar surface area (TPSA) is 73.4 Å². The van der Waals surface area contributed by atoms with Crippen LogP contribution >= 0.6 is 0 Å². The summed E-state index contributed by atoms with van der Waals surface area (Å²) >= 11 is 0. The number of halogens is 1. The van der Waals surface area contributed by atoms with Crippen molar-refractivity contribution in [1.82, 2.24) is 15.0 Å². The number of hydrogen-bond acceptors (Lipinski definition) is 5. The third-order valence-corrected chi connectivity index (χ3v) is 4.11. The molecule has 1 aromatic heterocycles. The number of carbonyl (C=O) groups is 1. The van der Waals surface area contributed by atoms with Crippen LogP contribution in [0.15, 0.2) is 34.9 Å². The first kappa shape index (κ1) is 16.1. The van der Waals surface area contributed by atoms with Crippen molar-refractivity contribution in [1.29, 1.82) is 5.26 Å². The molecule has 0 aliphatic carbocycles. The van der Waals surface area contributed by atoms with E-state index in [-0.39, 0.29) is 17.5 Å². The molecule has 1 aliphatic heterocycles. The molecule has 1 fully saturated rings. The number of carbonyl (C=O) groups excluding carboxylic acids is 1. The highest BCUT2D eigenvalue weighted by molar-refractivity contribution is 5.91. The summed E-state index contributed by atoms with van der Waals surface area (Å²) in [4.78, 5) is 16.0. The summed E-state index contributed by atoms with van der Waals surface area (Å²) in [7, 11) is 0. The van der Waals surface area contributed by atoms with Crippen molar-refractivity contribution in [3.05, 3.63) is 53.2 Å². The molecule has 7 heteroatoms. The van der Waals surface area contributed by atoms with E-state index in [1.54, 1.807) is 30.0 Å². The number of benzene rings is 1. The van der Waals surface area contributed by atoms with Crippen LogP contribution in [0.1, 0.15) is 27.9 Å². The zero-order chi connectivity index (χ0) is 17.1. The van der Waals surface area contributed by atoms with E-state index in [1.165, 1.54) is 12.1 Å². The smallest absolute Gasteiger partial charge is 0.292 e. The van der Waals surface area contributed by atoms with Crippen LogP contribution in [0.4, 0.5) is 4.39 Å². The SMILES string of the molecule is Cc1cc(C(=O)N2CCN([C@H](C#N)c3ccc(F)cc3)CC2)on1. The Morgan fingerprint density at radius 2 is 1.96 bits per heavy atom. The van der Waals surface area contributed by atoms with Gasteiger partial charge in [0.05, 0.1) is 11.8 Å². The predicted octanol–water partition coefficient (Wildman–Crippen LogP) is 2.14. The normalized spacial score (nSPS) is 16.6. The number of amides is 1. The maximum Gasteiger partial charge on any atom is 0.292 e. The van der Waals surface area contributed by atoms with Crippen LogP contribution < -0.4 is 0 Å². The van der Waals surface area contributed by atoms with Crippen molar-refractivity contribution < 1.29 is 13.7 Å². The first-order valence-electron chi connectivity index (χ1n) is 7.70. The largest absolute Gasteiger partial charge is 0.351 e. The van der Waals surface area contributed by atoms with Crippen LogP contribution in [-0.4, -0.2) is 47.0 Å². The Kier molecular flexibility index (Phi) is 4.58. The molecule has 1 aromatic carbocycles. The fourth-order valence-electron chi connectivity index (χ4n) is 2.82. The van der Waals surface area contributed by atoms with Gasteiger partial charge in [0, 0.05) is 32.2 Å². The van der Waals surface area contributed by atoms with Crippen LogP contribution in [0.2, 0.25) is 0 Å². The van der Waals surface area contributed by atoms with Crippen LogP contribution in [0.3, 0.4) is 0 Å². The summed E-state index contributed by atoms with van der Waals surface area (Å²) in [5, 5.41) is 13.2. The minimum absolute atomic E-state index is 0.189. The molecule has 1 atom stereocenters. The second-order valence-corrected chi connectivity index (χ2v) is 5.74. The Bertz CT molecular complexity index is 758. The molecule has 24 heavy (non-hydrogen) atoms. The van der Waals surface area contributed by atoms with Crippen molar-refractivity contribution >= 4 is 5.91 Å². The summed E-state index contributed by atoms with van der Waals surface area (Å²) in [5.41, 5.74) is 1.42. The Morgan fingerprint density at radius 3 is 2.50 bits per heavy atom. The molecule has 0 radical (unpaired) electrons. The van der Waals surface area contributed by atoms with E-state index in [0.29, 0.717) is 31.9 Å². The highest BCUT2D eigenvalue weighted by atomic mass is 19.1. The van der Waals surface area contributed by atoms with Gasteiger partial charge in [-0.3, -0.25) is 9.69 Å². The lowest BCUT2D eigenvalue weighted by atomic mass is 10.1. The van der Waals surface area contributed by atoms with Crippen LogP contribution in [0.25, 0.3) is 0 Å². The van der Waals surface area contributed by atoms with Gasteiger partial charge in [-0.1, -0.05) is 17.3 Å². The Balaban J connectivity index is 1.64. The van der Waals surface area contributed by atoms with Gasteiger partial charge in [-0.05, 0) is 24.6 Å². The number of nitriles is 1. The van der Waals surface area contributed by atoms with Gasteiger partial charge in [0.25, 0.3) is 5.91 Å². The van der Waals surface area contributed by atoms with Gasteiger partial charge in [-0.25, -0.2) is 4.39 Å². The summed E-state index contributed by atoms with van der Waals surface area (Å²) in [6, 6.07) is 9.38. The fourth-order valence-corrected chi connectivity index (χ4v) is 2.82. The third-order valence-electron chi connectivity index (χ3n) is 4.11. The Hall–Kier alpha value is -2.72. The lowest BCUT2D eigenvalue weighted by Gasteiger charge is -2.36. The highest BCUT2D eigenvalue weighted by Gasteiger charge is 2.28. The number of aromatic nitrogens is 1. The van der Waals surface area contributed by atoms with Crippen LogP contribution in [0, 0.1) is 24.1 Å². The summed E-state index contributed by atoms with van der Waals surface area (Å²) in [6.45, 7) is 3.89. The van der Waals surface area contributed by atoms with Crippen LogP contribution in [-0.2, 0) is 0 Å². The molecule has 2 heterocycles. The fraction of sp³-hybridized carbons (Fsp3) is 0.353. The molecule has 0 unspecified atom stereocenters. The van der Waals surface area contributed by atoms with E-state index in [2.05, 4.69) is 11.2 Å². The van der Waals surface area contributed by atoms with Crippen molar-refractivity contribution in [3.8, 4) is 6.07 Å². The number of aryl methyl sites for hydroxylation is 1. The highest BCUT2D eigenvalue weighted by Crippen LogP contribution is 2.22. The number of rotatable bonds is 3. The molecule has 0 bridgehead atoms. The molecule has 0 spiro atoms. The third kappa shape index (κ3) is 3.29. The molecule has 0 N–H and O–H groups in total. The van der Waals surface area contributed by atoms with Crippen LogP contribution in [0.5, 0.6) is 0 Å². The lowest BCUT2D eigenvalue weighted by molar-refractivity contribution is 0.0567. The van der Waals surface area contributed by atoms with Gasteiger partial charge < -0.3 is 9.42 Å². The van der Waals surface area contributed by atoms with Crippen molar-refractivity contribution in [2.24, 2.45) is 0 Å². The van der Waals surface area contributed by atoms with Gasteiger partial charge in [0.2, 0.25) is 5.76 Å². The van der Waals surface area contributed by atoms with Crippen molar-refractivity contribution in [2.75, 3.05) is 26.2 Å². The van der Waals surface area contributed by atoms with E-state index >= 15 is 0 Å². The maximum atomic E-state index is 13.0. The Labute approximate surface area is 139 Å². The molecule has 3 rings (SSSR count). The monoisotopic (exact) mass is 328 g/mol. The minimum Gasteiger partial charge on any atom is -0.351 e. The lowest BCUT2D eigenvalue weighted by Crippen LogP contribution is -2.49. The van der Waals surface area contributed by atoms with Crippen molar-refractivity contribution in [2.45, 2.75) is 13.0 Å². The van der Waals surface area contributed by atoms with Gasteiger partial charge in [-0.2, -0.15) is 5.26 Å². The van der Waals surface area contributed by atoms with E-state index in [9.17, 15) is 14.4 Å². The first-order chi connectivity index (χ1) is 11.6.